The average Bonchev–Trinajstić information content (AvgIpc) is 3.13. The molecule has 0 spiro atoms. The van der Waals surface area contributed by atoms with Crippen LogP contribution >= 0.6 is 0 Å². The molecule has 14 heteroatoms. The predicted octanol–water partition coefficient (Wildman–Crippen LogP) is 4.62. The van der Waals surface area contributed by atoms with Crippen LogP contribution < -0.4 is 25.2 Å². The molecule has 0 unspecified atom stereocenters. The van der Waals surface area contributed by atoms with E-state index in [1.54, 1.807) is 11.0 Å². The maximum atomic E-state index is 15.8. The number of piperidine rings is 1. The molecule has 0 saturated carbocycles. The molecule has 2 saturated heterocycles. The summed E-state index contributed by atoms with van der Waals surface area (Å²) >= 11 is 0. The number of hydrogen-bond acceptors (Lipinski definition) is 10. The van der Waals surface area contributed by atoms with E-state index in [0.29, 0.717) is 56.7 Å². The van der Waals surface area contributed by atoms with Crippen molar-refractivity contribution in [3.8, 4) is 22.6 Å². The van der Waals surface area contributed by atoms with Gasteiger partial charge in [0, 0.05) is 73.9 Å². The van der Waals surface area contributed by atoms with Crippen LogP contribution in [0.4, 0.5) is 26.1 Å². The third kappa shape index (κ3) is 7.26. The first-order chi connectivity index (χ1) is 24.2. The van der Waals surface area contributed by atoms with E-state index in [9.17, 15) is 9.59 Å². The number of ether oxygens (including phenoxy) is 3. The van der Waals surface area contributed by atoms with Gasteiger partial charge in [-0.2, -0.15) is 4.98 Å². The number of nitrogens with one attached hydrogen (secondary N) is 1. The largest absolute Gasteiger partial charge is 0.494 e. The number of anilines is 3. The summed E-state index contributed by atoms with van der Waals surface area (Å²) in [5.41, 5.74) is 0.689. The van der Waals surface area contributed by atoms with Gasteiger partial charge in [0.15, 0.2) is 23.1 Å². The first-order valence-electron chi connectivity index (χ1n) is 16.5. The van der Waals surface area contributed by atoms with Crippen LogP contribution in [0.15, 0.2) is 59.5 Å². The van der Waals surface area contributed by atoms with Crippen LogP contribution in [0.25, 0.3) is 22.2 Å². The van der Waals surface area contributed by atoms with Crippen LogP contribution in [-0.4, -0.2) is 104 Å². The SMILES string of the molecule is COc1cc(OC)c(F)c(-c2cc3cnc(Nc4ccc(N5CCOCC5)cc4)nc3n(C3CCN(C(=O)/C=C/CN(C)C)CC3)c2=O)c1F. The van der Waals surface area contributed by atoms with Crippen molar-refractivity contribution in [1.82, 2.24) is 24.3 Å². The number of methoxy groups -OCH3 is 2. The van der Waals surface area contributed by atoms with Crippen molar-refractivity contribution in [3.05, 3.63) is 76.7 Å². The van der Waals surface area contributed by atoms with Crippen molar-refractivity contribution in [1.29, 1.82) is 0 Å². The summed E-state index contributed by atoms with van der Waals surface area (Å²) < 4.78 is 48.8. The Kier molecular flexibility index (Phi) is 10.6. The number of hydrogen-bond donors (Lipinski definition) is 1. The van der Waals surface area contributed by atoms with Gasteiger partial charge in [-0.25, -0.2) is 13.8 Å². The molecule has 2 aromatic heterocycles. The number of aromatic nitrogens is 3. The Morgan fingerprint density at radius 2 is 1.68 bits per heavy atom. The van der Waals surface area contributed by atoms with E-state index >= 15 is 8.78 Å². The van der Waals surface area contributed by atoms with Crippen LogP contribution in [0.3, 0.4) is 0 Å². The van der Waals surface area contributed by atoms with Gasteiger partial charge in [-0.3, -0.25) is 14.2 Å². The number of carbonyl (C=O) groups is 1. The Labute approximate surface area is 288 Å². The highest BCUT2D eigenvalue weighted by molar-refractivity contribution is 5.87. The van der Waals surface area contributed by atoms with Crippen molar-refractivity contribution in [2.24, 2.45) is 0 Å². The number of morpholine rings is 1. The summed E-state index contributed by atoms with van der Waals surface area (Å²) in [5, 5.41) is 3.62. The predicted molar refractivity (Wildman–Crippen MR) is 188 cm³/mol. The lowest BCUT2D eigenvalue weighted by Crippen LogP contribution is -2.40. The molecule has 4 heterocycles. The van der Waals surface area contributed by atoms with E-state index in [2.05, 4.69) is 15.2 Å². The topological polar surface area (TPSA) is 114 Å². The van der Waals surface area contributed by atoms with E-state index in [1.165, 1.54) is 31.0 Å². The molecule has 0 radical (unpaired) electrons. The molecule has 1 N–H and O–H groups in total. The Hall–Kier alpha value is -5.08. The minimum absolute atomic E-state index is 0.114. The number of amides is 1. The summed E-state index contributed by atoms with van der Waals surface area (Å²) in [4.78, 5) is 42.5. The summed E-state index contributed by atoms with van der Waals surface area (Å²) in [5.74, 6) is -2.46. The number of carbonyl (C=O) groups excluding carboxylic acids is 1. The Morgan fingerprint density at radius 1 is 1.02 bits per heavy atom. The van der Waals surface area contributed by atoms with Gasteiger partial charge < -0.3 is 34.2 Å². The zero-order chi connectivity index (χ0) is 35.4. The molecule has 6 rings (SSSR count). The van der Waals surface area contributed by atoms with Crippen LogP contribution in [0.2, 0.25) is 0 Å². The molecule has 2 aromatic carbocycles. The van der Waals surface area contributed by atoms with E-state index in [0.717, 1.165) is 30.5 Å². The number of rotatable bonds is 10. The maximum absolute atomic E-state index is 15.8. The van der Waals surface area contributed by atoms with E-state index < -0.39 is 28.8 Å². The van der Waals surface area contributed by atoms with Gasteiger partial charge in [-0.15, -0.1) is 0 Å². The third-order valence-corrected chi connectivity index (χ3v) is 8.99. The Bertz CT molecular complexity index is 1910. The molecule has 50 heavy (non-hydrogen) atoms. The maximum Gasteiger partial charge on any atom is 0.260 e. The lowest BCUT2D eigenvalue weighted by molar-refractivity contribution is -0.127. The van der Waals surface area contributed by atoms with Crippen LogP contribution in [0.1, 0.15) is 18.9 Å². The molecule has 1 amide bonds. The van der Waals surface area contributed by atoms with Gasteiger partial charge in [0.2, 0.25) is 11.9 Å². The molecule has 264 valence electrons. The molecule has 2 aliphatic rings. The van der Waals surface area contributed by atoms with Gasteiger partial charge in [0.05, 0.1) is 38.6 Å². The van der Waals surface area contributed by atoms with Crippen molar-refractivity contribution in [3.63, 3.8) is 0 Å². The zero-order valence-corrected chi connectivity index (χ0v) is 28.6. The number of benzene rings is 2. The van der Waals surface area contributed by atoms with Gasteiger partial charge in [-0.05, 0) is 57.3 Å². The molecule has 0 atom stereocenters. The molecule has 0 bridgehead atoms. The molecule has 0 aliphatic carbocycles. The summed E-state index contributed by atoms with van der Waals surface area (Å²) in [6.45, 7) is 4.40. The fourth-order valence-electron chi connectivity index (χ4n) is 6.34. The van der Waals surface area contributed by atoms with Crippen LogP contribution in [-0.2, 0) is 9.53 Å². The van der Waals surface area contributed by atoms with Crippen molar-refractivity contribution >= 4 is 34.3 Å². The molecular weight excluding hydrogens is 648 g/mol. The highest BCUT2D eigenvalue weighted by Gasteiger charge is 2.30. The first kappa shape index (κ1) is 34.8. The van der Waals surface area contributed by atoms with Gasteiger partial charge in [0.25, 0.3) is 5.56 Å². The fraction of sp³-hybridized carbons (Fsp3) is 0.389. The number of nitrogens with zero attached hydrogens (tertiary/aromatic N) is 6. The number of pyridine rings is 1. The monoisotopic (exact) mass is 689 g/mol. The number of fused-ring (bicyclic) bond motifs is 1. The Balaban J connectivity index is 1.38. The lowest BCUT2D eigenvalue weighted by atomic mass is 10.0. The minimum atomic E-state index is -1.03. The summed E-state index contributed by atoms with van der Waals surface area (Å²) in [6.07, 6.45) is 5.74. The van der Waals surface area contributed by atoms with Crippen molar-refractivity contribution in [2.45, 2.75) is 18.9 Å². The Morgan fingerprint density at radius 3 is 2.30 bits per heavy atom. The summed E-state index contributed by atoms with van der Waals surface area (Å²) in [6, 6.07) is 9.94. The number of likely N-dealkylation sites (tertiary alicyclic amines) is 1. The molecule has 4 aromatic rings. The number of likely N-dealkylation sites (N-methyl/N-ethyl adjacent to an activating group) is 1. The lowest BCUT2D eigenvalue weighted by Gasteiger charge is -2.33. The molecule has 2 aliphatic heterocycles. The van der Waals surface area contributed by atoms with E-state index in [4.69, 9.17) is 19.2 Å². The molecule has 2 fully saturated rings. The summed E-state index contributed by atoms with van der Waals surface area (Å²) in [7, 11) is 6.34. The van der Waals surface area contributed by atoms with Gasteiger partial charge >= 0.3 is 0 Å². The van der Waals surface area contributed by atoms with Crippen LogP contribution in [0, 0.1) is 11.6 Å². The molecular formula is C36H41F2N7O5. The second kappa shape index (κ2) is 15.2. The van der Waals surface area contributed by atoms with E-state index in [-0.39, 0.29) is 28.9 Å². The number of halogens is 2. The van der Waals surface area contributed by atoms with Crippen molar-refractivity contribution in [2.75, 3.05) is 84.5 Å². The van der Waals surface area contributed by atoms with Gasteiger partial charge in [0.1, 0.15) is 5.65 Å². The van der Waals surface area contributed by atoms with Crippen molar-refractivity contribution < 1.29 is 27.8 Å². The third-order valence-electron chi connectivity index (χ3n) is 8.99. The highest BCUT2D eigenvalue weighted by Crippen LogP contribution is 2.38. The zero-order valence-electron chi connectivity index (χ0n) is 28.6. The second-order valence-corrected chi connectivity index (χ2v) is 12.5. The van der Waals surface area contributed by atoms with Crippen LogP contribution in [0.5, 0.6) is 11.5 Å². The quantitative estimate of drug-likeness (QED) is 0.237. The smallest absolute Gasteiger partial charge is 0.260 e. The second-order valence-electron chi connectivity index (χ2n) is 12.5. The normalized spacial score (nSPS) is 15.7. The fourth-order valence-corrected chi connectivity index (χ4v) is 6.34. The van der Waals surface area contributed by atoms with Gasteiger partial charge in [-0.1, -0.05) is 6.08 Å². The minimum Gasteiger partial charge on any atom is -0.494 e. The molecule has 12 nitrogen and oxygen atoms in total. The average molecular weight is 690 g/mol. The highest BCUT2D eigenvalue weighted by atomic mass is 19.1. The first-order valence-corrected chi connectivity index (χ1v) is 16.5. The standard InChI is InChI=1S/C36H41F2N7O5/c1-42(2)13-5-6-30(46)44-14-11-26(12-15-44)45-34-23(20-27(35(45)47)31-32(37)28(48-3)21-29(49-4)33(31)38)22-39-36(41-34)40-24-7-9-25(10-8-24)43-16-18-50-19-17-43/h5-10,20-22,26H,11-19H2,1-4H3,(H,39,40,41)/b6-5+. The van der Waals surface area contributed by atoms with E-state index in [1.807, 2.05) is 49.3 Å².